The smallest absolute Gasteiger partial charge is 0.272 e. The molecule has 8 nitrogen and oxygen atoms in total. The Bertz CT molecular complexity index is 1800. The number of aromatic nitrogens is 1. The molecule has 1 heterocycles. The standard InChI is InChI=1S/C37H32N4O4S/c1-2-45-31-18-16-26(17-19-31)24-33(41-35(42)28-12-7-4-8-13-28)36(43)40-30-14-9-15-32(25-30)46-34(27-10-5-3-6-11-27)37(44)39-29-20-22-38-23-21-29/h3-25,34H,2H2,1H3,(H,40,43)(H,41,42)(H,38,39,44)/b33-24+. The number of carbonyl (C=O) groups excluding carboxylic acids is 3. The van der Waals surface area contributed by atoms with Gasteiger partial charge in [-0.25, -0.2) is 0 Å². The number of thioether (sulfide) groups is 1. The SMILES string of the molecule is CCOc1ccc(/C=C(/NC(=O)c2ccccc2)C(=O)Nc2cccc(SC(C(=O)Nc3ccncc3)c3ccccc3)c2)cc1. The number of nitrogens with zero attached hydrogens (tertiary/aromatic N) is 1. The number of amides is 3. The first-order valence-electron chi connectivity index (χ1n) is 14.6. The second-order valence-electron chi connectivity index (χ2n) is 10.00. The van der Waals surface area contributed by atoms with Crippen LogP contribution in [0.25, 0.3) is 6.08 Å². The van der Waals surface area contributed by atoms with Crippen molar-refractivity contribution in [2.24, 2.45) is 0 Å². The lowest BCUT2D eigenvalue weighted by Gasteiger charge is -2.18. The summed E-state index contributed by atoms with van der Waals surface area (Å²) in [6.07, 6.45) is 4.85. The Labute approximate surface area is 271 Å². The quantitative estimate of drug-likeness (QED) is 0.0984. The normalized spacial score (nSPS) is 11.6. The van der Waals surface area contributed by atoms with Gasteiger partial charge in [-0.1, -0.05) is 66.7 Å². The number of anilines is 2. The molecule has 0 bridgehead atoms. The second kappa shape index (κ2) is 15.9. The molecule has 1 aromatic heterocycles. The summed E-state index contributed by atoms with van der Waals surface area (Å²) < 4.78 is 5.53. The van der Waals surface area contributed by atoms with E-state index in [0.717, 1.165) is 10.5 Å². The van der Waals surface area contributed by atoms with Gasteiger partial charge in [-0.3, -0.25) is 19.4 Å². The van der Waals surface area contributed by atoms with Crippen LogP contribution >= 0.6 is 11.8 Å². The van der Waals surface area contributed by atoms with Crippen molar-refractivity contribution in [2.45, 2.75) is 17.1 Å². The van der Waals surface area contributed by atoms with E-state index in [-0.39, 0.29) is 11.6 Å². The molecule has 1 atom stereocenters. The molecular weight excluding hydrogens is 596 g/mol. The zero-order valence-electron chi connectivity index (χ0n) is 25.1. The van der Waals surface area contributed by atoms with Gasteiger partial charge in [-0.2, -0.15) is 0 Å². The summed E-state index contributed by atoms with van der Waals surface area (Å²) in [4.78, 5) is 44.9. The molecule has 3 amide bonds. The van der Waals surface area contributed by atoms with Crippen molar-refractivity contribution in [3.05, 3.63) is 156 Å². The van der Waals surface area contributed by atoms with Crippen molar-refractivity contribution in [1.82, 2.24) is 10.3 Å². The second-order valence-corrected chi connectivity index (χ2v) is 11.2. The highest BCUT2D eigenvalue weighted by molar-refractivity contribution is 8.00. The Morgan fingerprint density at radius 2 is 1.48 bits per heavy atom. The van der Waals surface area contributed by atoms with E-state index in [1.54, 1.807) is 85.2 Å². The molecule has 9 heteroatoms. The van der Waals surface area contributed by atoms with Gasteiger partial charge in [-0.05, 0) is 78.7 Å². The number of benzene rings is 4. The molecule has 4 aromatic carbocycles. The van der Waals surface area contributed by atoms with Crippen LogP contribution in [-0.4, -0.2) is 29.3 Å². The molecule has 0 spiro atoms. The minimum atomic E-state index is -0.569. The Morgan fingerprint density at radius 1 is 0.783 bits per heavy atom. The summed E-state index contributed by atoms with van der Waals surface area (Å²) in [7, 11) is 0. The zero-order chi connectivity index (χ0) is 32.1. The van der Waals surface area contributed by atoms with Gasteiger partial charge in [0.1, 0.15) is 16.7 Å². The summed E-state index contributed by atoms with van der Waals surface area (Å²) in [6.45, 7) is 2.44. The van der Waals surface area contributed by atoms with Gasteiger partial charge in [0.2, 0.25) is 5.91 Å². The Kier molecular flexibility index (Phi) is 11.0. The fraction of sp³-hybridized carbons (Fsp3) is 0.0811. The predicted molar refractivity (Wildman–Crippen MR) is 182 cm³/mol. The third kappa shape index (κ3) is 8.93. The van der Waals surface area contributed by atoms with Crippen LogP contribution in [-0.2, 0) is 9.59 Å². The molecule has 230 valence electrons. The first-order valence-corrected chi connectivity index (χ1v) is 15.5. The minimum absolute atomic E-state index is 0.0648. The maximum atomic E-state index is 13.6. The molecule has 3 N–H and O–H groups in total. The molecule has 0 radical (unpaired) electrons. The van der Waals surface area contributed by atoms with E-state index in [2.05, 4.69) is 20.9 Å². The number of carbonyl (C=O) groups is 3. The molecule has 46 heavy (non-hydrogen) atoms. The Morgan fingerprint density at radius 3 is 2.17 bits per heavy atom. The molecule has 5 aromatic rings. The van der Waals surface area contributed by atoms with Gasteiger partial charge in [-0.15, -0.1) is 11.8 Å². The first-order chi connectivity index (χ1) is 22.5. The van der Waals surface area contributed by atoms with Crippen molar-refractivity contribution in [3.8, 4) is 5.75 Å². The monoisotopic (exact) mass is 628 g/mol. The van der Waals surface area contributed by atoms with Crippen LogP contribution in [0.5, 0.6) is 5.75 Å². The average molecular weight is 629 g/mol. The van der Waals surface area contributed by atoms with Crippen LogP contribution in [0.4, 0.5) is 11.4 Å². The predicted octanol–water partition coefficient (Wildman–Crippen LogP) is 7.36. The number of rotatable bonds is 12. The van der Waals surface area contributed by atoms with Gasteiger partial charge in [0, 0.05) is 34.2 Å². The number of nitrogens with one attached hydrogen (secondary N) is 3. The Balaban J connectivity index is 1.37. The van der Waals surface area contributed by atoms with Gasteiger partial charge >= 0.3 is 0 Å². The lowest BCUT2D eigenvalue weighted by atomic mass is 10.1. The fourth-order valence-corrected chi connectivity index (χ4v) is 5.55. The van der Waals surface area contributed by atoms with Crippen molar-refractivity contribution in [1.29, 1.82) is 0 Å². The molecule has 0 aliphatic rings. The molecule has 0 aliphatic heterocycles. The molecule has 0 aliphatic carbocycles. The van der Waals surface area contributed by atoms with Gasteiger partial charge in [0.25, 0.3) is 11.8 Å². The highest BCUT2D eigenvalue weighted by Gasteiger charge is 2.23. The molecule has 0 fully saturated rings. The largest absolute Gasteiger partial charge is 0.494 e. The first kappa shape index (κ1) is 31.7. The van der Waals surface area contributed by atoms with Crippen molar-refractivity contribution >= 4 is 46.9 Å². The summed E-state index contributed by atoms with van der Waals surface area (Å²) in [5.74, 6) is -0.406. The van der Waals surface area contributed by atoms with Crippen LogP contribution in [0.1, 0.15) is 33.7 Å². The molecule has 5 rings (SSSR count). The van der Waals surface area contributed by atoms with Crippen molar-refractivity contribution in [2.75, 3.05) is 17.2 Å². The summed E-state index contributed by atoms with van der Waals surface area (Å²) in [6, 6.07) is 36.1. The summed E-state index contributed by atoms with van der Waals surface area (Å²) >= 11 is 1.36. The van der Waals surface area contributed by atoms with Crippen molar-refractivity contribution in [3.63, 3.8) is 0 Å². The van der Waals surface area contributed by atoms with Gasteiger partial charge in [0.05, 0.1) is 6.61 Å². The third-order valence-electron chi connectivity index (χ3n) is 6.67. The Hall–Kier alpha value is -5.67. The number of pyridine rings is 1. The number of ether oxygens (including phenoxy) is 1. The van der Waals surface area contributed by atoms with E-state index in [1.807, 2.05) is 61.5 Å². The van der Waals surface area contributed by atoms with E-state index in [4.69, 9.17) is 4.74 Å². The lowest BCUT2D eigenvalue weighted by Crippen LogP contribution is -2.30. The van der Waals surface area contributed by atoms with Gasteiger partial charge in [0.15, 0.2) is 0 Å². The highest BCUT2D eigenvalue weighted by Crippen LogP contribution is 2.37. The molecule has 1 unspecified atom stereocenters. The lowest BCUT2D eigenvalue weighted by molar-refractivity contribution is -0.116. The summed E-state index contributed by atoms with van der Waals surface area (Å²) in [5, 5.41) is 8.06. The minimum Gasteiger partial charge on any atom is -0.494 e. The van der Waals surface area contributed by atoms with Crippen molar-refractivity contribution < 1.29 is 19.1 Å². The van der Waals surface area contributed by atoms with Crippen LogP contribution in [0.15, 0.2) is 144 Å². The highest BCUT2D eigenvalue weighted by atomic mass is 32.2. The zero-order valence-corrected chi connectivity index (χ0v) is 25.9. The summed E-state index contributed by atoms with van der Waals surface area (Å²) in [5.41, 5.74) is 3.17. The van der Waals surface area contributed by atoms with Crippen LogP contribution in [0, 0.1) is 0 Å². The van der Waals surface area contributed by atoms with E-state index >= 15 is 0 Å². The van der Waals surface area contributed by atoms with Crippen LogP contribution in [0.2, 0.25) is 0 Å². The van der Waals surface area contributed by atoms with Gasteiger partial charge < -0.3 is 20.7 Å². The molecule has 0 saturated heterocycles. The molecule has 0 saturated carbocycles. The number of hydrogen-bond donors (Lipinski definition) is 3. The average Bonchev–Trinajstić information content (AvgIpc) is 3.09. The van der Waals surface area contributed by atoms with E-state index < -0.39 is 17.1 Å². The van der Waals surface area contributed by atoms with Crippen LogP contribution < -0.4 is 20.7 Å². The fourth-order valence-electron chi connectivity index (χ4n) is 4.46. The van der Waals surface area contributed by atoms with E-state index in [0.29, 0.717) is 34.9 Å². The third-order valence-corrected chi connectivity index (χ3v) is 7.91. The number of hydrogen-bond acceptors (Lipinski definition) is 6. The van der Waals surface area contributed by atoms with E-state index in [9.17, 15) is 14.4 Å². The van der Waals surface area contributed by atoms with E-state index in [1.165, 1.54) is 11.8 Å². The van der Waals surface area contributed by atoms with Crippen LogP contribution in [0.3, 0.4) is 0 Å². The maximum Gasteiger partial charge on any atom is 0.272 e. The molecular formula is C37H32N4O4S. The maximum absolute atomic E-state index is 13.6. The topological polar surface area (TPSA) is 109 Å².